The summed E-state index contributed by atoms with van der Waals surface area (Å²) >= 11 is 0. The highest BCUT2D eigenvalue weighted by molar-refractivity contribution is 5.76. The first kappa shape index (κ1) is 16.5. The fourth-order valence-electron chi connectivity index (χ4n) is 2.67. The first-order valence-electron chi connectivity index (χ1n) is 7.54. The number of benzene rings is 1. The number of anilines is 1. The second-order valence-corrected chi connectivity index (χ2v) is 5.94. The molecule has 1 aliphatic rings. The van der Waals surface area contributed by atoms with E-state index in [1.54, 1.807) is 18.2 Å². The Hall–Kier alpha value is -1.85. The van der Waals surface area contributed by atoms with Crippen molar-refractivity contribution in [2.24, 2.45) is 5.92 Å². The van der Waals surface area contributed by atoms with E-state index in [1.807, 2.05) is 18.7 Å². The van der Waals surface area contributed by atoms with Crippen LogP contribution in [0.1, 0.15) is 26.7 Å². The fraction of sp³-hybridized carbons (Fsp3) is 0.562. The molecule has 6 heteroatoms. The van der Waals surface area contributed by atoms with Gasteiger partial charge in [-0.05, 0) is 24.5 Å². The summed E-state index contributed by atoms with van der Waals surface area (Å²) < 4.78 is 29.5. The zero-order valence-electron chi connectivity index (χ0n) is 12.9. The van der Waals surface area contributed by atoms with Gasteiger partial charge in [0.25, 0.3) is 0 Å². The maximum Gasteiger partial charge on any atom is 0.387 e. The van der Waals surface area contributed by atoms with Gasteiger partial charge in [0.05, 0.1) is 5.69 Å². The Kier molecular flexibility index (Phi) is 5.57. The van der Waals surface area contributed by atoms with Crippen molar-refractivity contribution in [1.29, 1.82) is 0 Å². The van der Waals surface area contributed by atoms with Gasteiger partial charge in [-0.3, -0.25) is 4.79 Å². The average Bonchev–Trinajstić information content (AvgIpc) is 2.85. The molecule has 1 aromatic rings. The molecule has 122 valence electrons. The summed E-state index contributed by atoms with van der Waals surface area (Å²) in [7, 11) is 0. The molecular formula is C16H22F2N2O2. The van der Waals surface area contributed by atoms with Crippen molar-refractivity contribution in [2.45, 2.75) is 39.3 Å². The molecule has 1 heterocycles. The minimum atomic E-state index is -2.84. The number of halogens is 2. The Morgan fingerprint density at radius 1 is 1.41 bits per heavy atom. The number of carbonyl (C=O) groups is 1. The lowest BCUT2D eigenvalue weighted by molar-refractivity contribution is -0.122. The summed E-state index contributed by atoms with van der Waals surface area (Å²) in [6, 6.07) is 6.80. The lowest BCUT2D eigenvalue weighted by Gasteiger charge is -2.22. The third-order valence-corrected chi connectivity index (χ3v) is 3.57. The zero-order chi connectivity index (χ0) is 16.1. The van der Waals surface area contributed by atoms with Crippen molar-refractivity contribution in [2.75, 3.05) is 18.0 Å². The summed E-state index contributed by atoms with van der Waals surface area (Å²) in [5.74, 6) is 0.531. The Labute approximate surface area is 129 Å². The zero-order valence-corrected chi connectivity index (χ0v) is 12.9. The molecule has 2 rings (SSSR count). The van der Waals surface area contributed by atoms with Crippen LogP contribution in [-0.2, 0) is 4.79 Å². The maximum atomic E-state index is 12.5. The molecule has 4 nitrogen and oxygen atoms in total. The standard InChI is InChI=1S/C16H22F2N2O2/c1-11(2)9-15(21)19-12-7-8-20(10-12)13-5-3-4-6-14(13)22-16(17)18/h3-6,11-12,16H,7-10H2,1-2H3,(H,19,21)/t12-/m0/s1. The minimum Gasteiger partial charge on any atom is -0.433 e. The molecule has 0 aromatic heterocycles. The van der Waals surface area contributed by atoms with E-state index in [4.69, 9.17) is 0 Å². The number of alkyl halides is 2. The number of para-hydroxylation sites is 2. The molecule has 0 spiro atoms. The van der Waals surface area contributed by atoms with Crippen LogP contribution in [0.15, 0.2) is 24.3 Å². The van der Waals surface area contributed by atoms with Crippen molar-refractivity contribution in [1.82, 2.24) is 5.32 Å². The highest BCUT2D eigenvalue weighted by Gasteiger charge is 2.26. The van der Waals surface area contributed by atoms with Crippen LogP contribution in [0.5, 0.6) is 5.75 Å². The van der Waals surface area contributed by atoms with Gasteiger partial charge in [0.1, 0.15) is 5.75 Å². The SMILES string of the molecule is CC(C)CC(=O)N[C@H]1CCN(c2ccccc2OC(F)F)C1. The van der Waals surface area contributed by atoms with Gasteiger partial charge in [0.15, 0.2) is 0 Å². The monoisotopic (exact) mass is 312 g/mol. The molecule has 1 atom stereocenters. The van der Waals surface area contributed by atoms with Gasteiger partial charge < -0.3 is 15.0 Å². The third kappa shape index (κ3) is 4.58. The summed E-state index contributed by atoms with van der Waals surface area (Å²) in [5.41, 5.74) is 0.642. The molecule has 0 aliphatic carbocycles. The molecular weight excluding hydrogens is 290 g/mol. The van der Waals surface area contributed by atoms with Gasteiger partial charge in [-0.1, -0.05) is 26.0 Å². The van der Waals surface area contributed by atoms with Gasteiger partial charge in [-0.25, -0.2) is 0 Å². The Bertz CT molecular complexity index is 509. The third-order valence-electron chi connectivity index (χ3n) is 3.57. The summed E-state index contributed by atoms with van der Waals surface area (Å²) in [5, 5.41) is 3.00. The number of hydrogen-bond donors (Lipinski definition) is 1. The van der Waals surface area contributed by atoms with Gasteiger partial charge in [-0.2, -0.15) is 8.78 Å². The normalized spacial score (nSPS) is 18.1. The molecule has 1 saturated heterocycles. The molecule has 1 amide bonds. The number of ether oxygens (including phenoxy) is 1. The van der Waals surface area contributed by atoms with Crippen molar-refractivity contribution in [3.05, 3.63) is 24.3 Å². The number of nitrogens with one attached hydrogen (secondary N) is 1. The Morgan fingerprint density at radius 2 is 2.14 bits per heavy atom. The molecule has 1 fully saturated rings. The van der Waals surface area contributed by atoms with Crippen LogP contribution in [-0.4, -0.2) is 31.7 Å². The van der Waals surface area contributed by atoms with E-state index < -0.39 is 6.61 Å². The number of carbonyl (C=O) groups excluding carboxylic acids is 1. The number of hydrogen-bond acceptors (Lipinski definition) is 3. The lowest BCUT2D eigenvalue weighted by atomic mass is 10.1. The first-order chi connectivity index (χ1) is 10.5. The van der Waals surface area contributed by atoms with Crippen LogP contribution in [0.2, 0.25) is 0 Å². The number of amides is 1. The quantitative estimate of drug-likeness (QED) is 0.878. The van der Waals surface area contributed by atoms with Crippen LogP contribution in [0, 0.1) is 5.92 Å². The second kappa shape index (κ2) is 7.42. The van der Waals surface area contributed by atoms with Crippen LogP contribution in [0.3, 0.4) is 0 Å². The Balaban J connectivity index is 1.97. The molecule has 0 radical (unpaired) electrons. The van der Waals surface area contributed by atoms with Gasteiger partial charge in [0, 0.05) is 25.6 Å². The molecule has 0 unspecified atom stereocenters. The van der Waals surface area contributed by atoms with E-state index in [0.717, 1.165) is 6.42 Å². The largest absolute Gasteiger partial charge is 0.433 e. The summed E-state index contributed by atoms with van der Waals surface area (Å²) in [6.45, 7) is 2.46. The molecule has 22 heavy (non-hydrogen) atoms. The van der Waals surface area contributed by atoms with E-state index >= 15 is 0 Å². The van der Waals surface area contributed by atoms with E-state index in [-0.39, 0.29) is 17.7 Å². The van der Waals surface area contributed by atoms with Gasteiger partial charge in [-0.15, -0.1) is 0 Å². The van der Waals surface area contributed by atoms with Crippen molar-refractivity contribution >= 4 is 11.6 Å². The van der Waals surface area contributed by atoms with Crippen LogP contribution >= 0.6 is 0 Å². The molecule has 0 saturated carbocycles. The predicted octanol–water partition coefficient (Wildman–Crippen LogP) is 3.03. The first-order valence-corrected chi connectivity index (χ1v) is 7.54. The van der Waals surface area contributed by atoms with Gasteiger partial charge >= 0.3 is 6.61 Å². The molecule has 0 bridgehead atoms. The lowest BCUT2D eigenvalue weighted by Crippen LogP contribution is -2.37. The van der Waals surface area contributed by atoms with Crippen molar-refractivity contribution in [3.63, 3.8) is 0 Å². The smallest absolute Gasteiger partial charge is 0.387 e. The van der Waals surface area contributed by atoms with Crippen LogP contribution in [0.25, 0.3) is 0 Å². The molecule has 1 aliphatic heterocycles. The highest BCUT2D eigenvalue weighted by atomic mass is 19.3. The van der Waals surface area contributed by atoms with E-state index in [2.05, 4.69) is 10.1 Å². The predicted molar refractivity (Wildman–Crippen MR) is 81.3 cm³/mol. The van der Waals surface area contributed by atoms with Crippen LogP contribution in [0.4, 0.5) is 14.5 Å². The number of rotatable bonds is 6. The van der Waals surface area contributed by atoms with Crippen molar-refractivity contribution in [3.8, 4) is 5.75 Å². The average molecular weight is 312 g/mol. The fourth-order valence-corrected chi connectivity index (χ4v) is 2.67. The van der Waals surface area contributed by atoms with Gasteiger partial charge in [0.2, 0.25) is 5.91 Å². The van der Waals surface area contributed by atoms with E-state index in [0.29, 0.717) is 31.1 Å². The maximum absolute atomic E-state index is 12.5. The van der Waals surface area contributed by atoms with E-state index in [9.17, 15) is 13.6 Å². The van der Waals surface area contributed by atoms with Crippen molar-refractivity contribution < 1.29 is 18.3 Å². The van der Waals surface area contributed by atoms with Crippen LogP contribution < -0.4 is 15.0 Å². The van der Waals surface area contributed by atoms with E-state index in [1.165, 1.54) is 6.07 Å². The molecule has 1 aromatic carbocycles. The summed E-state index contributed by atoms with van der Waals surface area (Å²) in [4.78, 5) is 13.8. The number of nitrogens with zero attached hydrogens (tertiary/aromatic N) is 1. The molecule has 1 N–H and O–H groups in total. The topological polar surface area (TPSA) is 41.6 Å². The summed E-state index contributed by atoms with van der Waals surface area (Å²) in [6.07, 6.45) is 1.30. The highest BCUT2D eigenvalue weighted by Crippen LogP contribution is 2.31. The minimum absolute atomic E-state index is 0.0407. The Morgan fingerprint density at radius 3 is 2.82 bits per heavy atom. The second-order valence-electron chi connectivity index (χ2n) is 5.94.